The molecule has 0 aromatic carbocycles. The molecule has 1 aromatic heterocycles. The van der Waals surface area contributed by atoms with Crippen LogP contribution in [0.5, 0.6) is 0 Å². The molecule has 2 heteroatoms. The van der Waals surface area contributed by atoms with Crippen LogP contribution in [0.25, 0.3) is 0 Å². The summed E-state index contributed by atoms with van der Waals surface area (Å²) >= 11 is 4.16. The number of hydrogen-bond acceptors (Lipinski definition) is 1. The van der Waals surface area contributed by atoms with E-state index in [1.165, 1.54) is 14.0 Å². The molecule has 0 saturated carbocycles. The molecule has 0 spiro atoms. The van der Waals surface area contributed by atoms with Gasteiger partial charge in [-0.3, -0.25) is 0 Å². The molecule has 0 amide bonds. The van der Waals surface area contributed by atoms with Crippen molar-refractivity contribution in [2.24, 2.45) is 0 Å². The van der Waals surface area contributed by atoms with Gasteiger partial charge in [0.1, 0.15) is 0 Å². The minimum absolute atomic E-state index is 1.03. The van der Waals surface area contributed by atoms with Crippen LogP contribution < -0.4 is 0 Å². The molecule has 54 valence electrons. The van der Waals surface area contributed by atoms with Gasteiger partial charge in [0.2, 0.25) is 0 Å². The molecule has 0 fully saturated rings. The van der Waals surface area contributed by atoms with Gasteiger partial charge < -0.3 is 0 Å². The van der Waals surface area contributed by atoms with Gasteiger partial charge in [0.15, 0.2) is 0 Å². The third-order valence-corrected chi connectivity index (χ3v) is 3.38. The number of allylic oxidation sites excluding steroid dienone is 1. The highest BCUT2D eigenvalue weighted by Gasteiger charge is 1.99. The second kappa shape index (κ2) is 3.53. The number of rotatable bonds is 2. The standard InChI is InChI=1S/C8H9IS/c1-6(2)5-7-3-4-10-8(7)9/h3-4H,1,5H2,2H3. The fraction of sp³-hybridized carbons (Fsp3) is 0.250. The van der Waals surface area contributed by atoms with Gasteiger partial charge in [-0.05, 0) is 52.9 Å². The maximum Gasteiger partial charge on any atom is 0.0688 e. The highest BCUT2D eigenvalue weighted by Crippen LogP contribution is 2.20. The summed E-state index contributed by atoms with van der Waals surface area (Å²) in [5, 5.41) is 2.13. The lowest BCUT2D eigenvalue weighted by molar-refractivity contribution is 1.16. The van der Waals surface area contributed by atoms with Crippen molar-refractivity contribution in [1.82, 2.24) is 0 Å². The molecule has 10 heavy (non-hydrogen) atoms. The van der Waals surface area contributed by atoms with Crippen LogP contribution in [-0.4, -0.2) is 0 Å². The number of hydrogen-bond donors (Lipinski definition) is 0. The van der Waals surface area contributed by atoms with E-state index in [0.29, 0.717) is 0 Å². The predicted octanol–water partition coefficient (Wildman–Crippen LogP) is 3.47. The van der Waals surface area contributed by atoms with Crippen molar-refractivity contribution in [3.63, 3.8) is 0 Å². The van der Waals surface area contributed by atoms with Gasteiger partial charge in [0, 0.05) is 0 Å². The summed E-state index contributed by atoms with van der Waals surface area (Å²) in [5.74, 6) is 0. The summed E-state index contributed by atoms with van der Waals surface area (Å²) in [6.45, 7) is 5.94. The lowest BCUT2D eigenvalue weighted by atomic mass is 10.1. The second-order valence-corrected chi connectivity index (χ2v) is 5.08. The Bertz CT molecular complexity index is 237. The molecule has 0 aliphatic rings. The minimum atomic E-state index is 1.03. The first-order valence-electron chi connectivity index (χ1n) is 3.06. The molecule has 0 unspecified atom stereocenters. The summed E-state index contributed by atoms with van der Waals surface area (Å²) in [6.07, 6.45) is 1.03. The molecule has 0 radical (unpaired) electrons. The zero-order valence-corrected chi connectivity index (χ0v) is 8.83. The van der Waals surface area contributed by atoms with E-state index < -0.39 is 0 Å². The van der Waals surface area contributed by atoms with Crippen molar-refractivity contribution in [3.05, 3.63) is 32.0 Å². The van der Waals surface area contributed by atoms with Gasteiger partial charge in [-0.1, -0.05) is 12.2 Å². The van der Waals surface area contributed by atoms with Gasteiger partial charge in [0.05, 0.1) is 2.88 Å². The third-order valence-electron chi connectivity index (χ3n) is 1.19. The van der Waals surface area contributed by atoms with Crippen LogP contribution in [0.3, 0.4) is 0 Å². The highest BCUT2D eigenvalue weighted by molar-refractivity contribution is 14.1. The highest BCUT2D eigenvalue weighted by atomic mass is 127. The lowest BCUT2D eigenvalue weighted by Crippen LogP contribution is -1.82. The minimum Gasteiger partial charge on any atom is -0.137 e. The van der Waals surface area contributed by atoms with Gasteiger partial charge in [-0.15, -0.1) is 11.3 Å². The van der Waals surface area contributed by atoms with E-state index in [1.54, 1.807) is 11.3 Å². The molecule has 0 aliphatic heterocycles. The Morgan fingerprint density at radius 2 is 2.50 bits per heavy atom. The van der Waals surface area contributed by atoms with Crippen molar-refractivity contribution in [2.75, 3.05) is 0 Å². The molecular weight excluding hydrogens is 255 g/mol. The molecule has 0 nitrogen and oxygen atoms in total. The van der Waals surface area contributed by atoms with Crippen LogP contribution >= 0.6 is 33.9 Å². The van der Waals surface area contributed by atoms with Crippen LogP contribution in [0.4, 0.5) is 0 Å². The Balaban J connectivity index is 2.74. The van der Waals surface area contributed by atoms with E-state index in [9.17, 15) is 0 Å². The van der Waals surface area contributed by atoms with Crippen molar-refractivity contribution in [3.8, 4) is 0 Å². The average molecular weight is 264 g/mol. The van der Waals surface area contributed by atoms with Crippen molar-refractivity contribution >= 4 is 33.9 Å². The van der Waals surface area contributed by atoms with Gasteiger partial charge >= 0.3 is 0 Å². The van der Waals surface area contributed by atoms with E-state index in [2.05, 4.69) is 47.5 Å². The van der Waals surface area contributed by atoms with Crippen molar-refractivity contribution in [1.29, 1.82) is 0 Å². The quantitative estimate of drug-likeness (QED) is 0.566. The Kier molecular flexibility index (Phi) is 2.92. The van der Waals surface area contributed by atoms with Crippen LogP contribution in [0.2, 0.25) is 0 Å². The van der Waals surface area contributed by atoms with Crippen LogP contribution in [0.15, 0.2) is 23.6 Å². The molecule has 0 N–H and O–H groups in total. The van der Waals surface area contributed by atoms with E-state index in [4.69, 9.17) is 0 Å². The normalized spacial score (nSPS) is 9.80. The van der Waals surface area contributed by atoms with Crippen LogP contribution in [-0.2, 0) is 6.42 Å². The van der Waals surface area contributed by atoms with E-state index in [-0.39, 0.29) is 0 Å². The lowest BCUT2D eigenvalue weighted by Gasteiger charge is -1.95. The molecule has 0 saturated heterocycles. The van der Waals surface area contributed by atoms with Gasteiger partial charge in [-0.2, -0.15) is 0 Å². The monoisotopic (exact) mass is 264 g/mol. The maximum absolute atomic E-state index is 3.87. The van der Waals surface area contributed by atoms with E-state index in [1.807, 2.05) is 0 Å². The first kappa shape index (κ1) is 8.27. The maximum atomic E-state index is 3.87. The van der Waals surface area contributed by atoms with E-state index in [0.717, 1.165) is 6.42 Å². The van der Waals surface area contributed by atoms with Crippen molar-refractivity contribution < 1.29 is 0 Å². The number of halogens is 1. The Hall–Kier alpha value is 0.170. The van der Waals surface area contributed by atoms with Crippen LogP contribution in [0.1, 0.15) is 12.5 Å². The smallest absolute Gasteiger partial charge is 0.0688 e. The second-order valence-electron chi connectivity index (χ2n) is 2.35. The first-order chi connectivity index (χ1) is 4.70. The SMILES string of the molecule is C=C(C)Cc1ccsc1I. The molecule has 1 rings (SSSR count). The topological polar surface area (TPSA) is 0 Å². The molecule has 0 bridgehead atoms. The molecule has 1 aromatic rings. The Morgan fingerprint density at radius 1 is 1.80 bits per heavy atom. The third kappa shape index (κ3) is 2.09. The fourth-order valence-corrected chi connectivity index (χ4v) is 2.22. The summed E-state index contributed by atoms with van der Waals surface area (Å²) in [6, 6.07) is 2.17. The predicted molar refractivity (Wildman–Crippen MR) is 55.6 cm³/mol. The molecule has 1 heterocycles. The van der Waals surface area contributed by atoms with Gasteiger partial charge in [0.25, 0.3) is 0 Å². The van der Waals surface area contributed by atoms with Gasteiger partial charge in [-0.25, -0.2) is 0 Å². The summed E-state index contributed by atoms with van der Waals surface area (Å²) < 4.78 is 1.39. The molecule has 0 atom stereocenters. The molecule has 0 aliphatic carbocycles. The number of thiophene rings is 1. The first-order valence-corrected chi connectivity index (χ1v) is 5.02. The van der Waals surface area contributed by atoms with E-state index >= 15 is 0 Å². The zero-order chi connectivity index (χ0) is 7.56. The Labute approximate surface area is 79.1 Å². The fourth-order valence-electron chi connectivity index (χ4n) is 0.771. The summed E-state index contributed by atoms with van der Waals surface area (Å²) in [5.41, 5.74) is 2.65. The van der Waals surface area contributed by atoms with Crippen LogP contribution in [0, 0.1) is 2.88 Å². The summed E-state index contributed by atoms with van der Waals surface area (Å²) in [7, 11) is 0. The largest absolute Gasteiger partial charge is 0.137 e. The molecular formula is C8H9IS. The average Bonchev–Trinajstić information content (AvgIpc) is 2.15. The Morgan fingerprint density at radius 3 is 2.90 bits per heavy atom. The van der Waals surface area contributed by atoms with Crippen molar-refractivity contribution in [2.45, 2.75) is 13.3 Å². The zero-order valence-electron chi connectivity index (χ0n) is 5.86. The summed E-state index contributed by atoms with van der Waals surface area (Å²) in [4.78, 5) is 0.